The number of nitrogens with one attached hydrogen (secondary N) is 1. The molecule has 7 heteroatoms. The molecule has 0 spiro atoms. The summed E-state index contributed by atoms with van der Waals surface area (Å²) in [4.78, 5) is 21.5. The van der Waals surface area contributed by atoms with Crippen LogP contribution >= 0.6 is 0 Å². The lowest BCUT2D eigenvalue weighted by Gasteiger charge is -2.01. The van der Waals surface area contributed by atoms with Gasteiger partial charge in [0.25, 0.3) is 5.56 Å². The Kier molecular flexibility index (Phi) is 3.52. The Morgan fingerprint density at radius 3 is 3.00 bits per heavy atom. The number of carbonyl (C=O) groups is 1. The van der Waals surface area contributed by atoms with Crippen molar-refractivity contribution in [3.8, 4) is 11.3 Å². The average molecular weight is 248 g/mol. The van der Waals surface area contributed by atoms with Gasteiger partial charge < -0.3 is 4.74 Å². The van der Waals surface area contributed by atoms with Crippen molar-refractivity contribution in [2.45, 2.75) is 13.5 Å². The van der Waals surface area contributed by atoms with E-state index in [-0.39, 0.29) is 18.1 Å². The molecule has 18 heavy (non-hydrogen) atoms. The lowest BCUT2D eigenvalue weighted by Crippen LogP contribution is -2.09. The molecule has 0 aromatic carbocycles. The van der Waals surface area contributed by atoms with Crippen molar-refractivity contribution >= 4 is 5.97 Å². The van der Waals surface area contributed by atoms with E-state index in [0.717, 1.165) is 5.56 Å². The number of aromatic nitrogens is 4. The van der Waals surface area contributed by atoms with E-state index in [1.165, 1.54) is 13.0 Å². The quantitative estimate of drug-likeness (QED) is 0.780. The van der Waals surface area contributed by atoms with Gasteiger partial charge in [-0.2, -0.15) is 10.2 Å². The Labute approximate surface area is 102 Å². The zero-order chi connectivity index (χ0) is 13.0. The number of esters is 1. The van der Waals surface area contributed by atoms with Crippen LogP contribution < -0.4 is 5.56 Å². The van der Waals surface area contributed by atoms with E-state index < -0.39 is 0 Å². The Hall–Kier alpha value is -2.44. The smallest absolute Gasteiger partial charge is 0.302 e. The third kappa shape index (κ3) is 3.03. The first-order valence-electron chi connectivity index (χ1n) is 5.37. The molecule has 0 saturated heterocycles. The molecule has 2 aromatic rings. The average Bonchev–Trinajstić information content (AvgIpc) is 2.78. The van der Waals surface area contributed by atoms with Crippen LogP contribution in [-0.4, -0.2) is 32.6 Å². The fourth-order valence-corrected chi connectivity index (χ4v) is 1.41. The molecular weight excluding hydrogens is 236 g/mol. The Bertz CT molecular complexity index is 582. The summed E-state index contributed by atoms with van der Waals surface area (Å²) in [6.07, 6.45) is 3.40. The second kappa shape index (κ2) is 5.26. The number of H-pyrrole nitrogens is 1. The molecule has 0 unspecified atom stereocenters. The van der Waals surface area contributed by atoms with Crippen molar-refractivity contribution in [3.63, 3.8) is 0 Å². The van der Waals surface area contributed by atoms with E-state index in [4.69, 9.17) is 4.74 Å². The molecule has 0 bridgehead atoms. The number of aromatic amines is 1. The molecule has 7 nitrogen and oxygen atoms in total. The number of hydrogen-bond acceptors (Lipinski definition) is 5. The van der Waals surface area contributed by atoms with E-state index in [0.29, 0.717) is 12.2 Å². The highest BCUT2D eigenvalue weighted by Crippen LogP contribution is 2.13. The van der Waals surface area contributed by atoms with Crippen LogP contribution in [0.2, 0.25) is 0 Å². The monoisotopic (exact) mass is 248 g/mol. The van der Waals surface area contributed by atoms with Gasteiger partial charge in [0.1, 0.15) is 6.61 Å². The summed E-state index contributed by atoms with van der Waals surface area (Å²) in [5.74, 6) is -0.315. The highest BCUT2D eigenvalue weighted by atomic mass is 16.5. The minimum absolute atomic E-state index is 0.249. The summed E-state index contributed by atoms with van der Waals surface area (Å²) in [5, 5.41) is 10.4. The molecule has 2 heterocycles. The van der Waals surface area contributed by atoms with Gasteiger partial charge in [-0.05, 0) is 6.07 Å². The van der Waals surface area contributed by atoms with E-state index in [2.05, 4.69) is 15.3 Å². The third-order valence-corrected chi connectivity index (χ3v) is 2.23. The standard InChI is InChI=1S/C11H12N4O3/c1-8(16)18-5-4-15-7-9(6-12-15)10-2-3-11(17)14-13-10/h2-3,6-7H,4-5H2,1H3,(H,14,17). The lowest BCUT2D eigenvalue weighted by molar-refractivity contribution is -0.141. The molecule has 1 N–H and O–H groups in total. The van der Waals surface area contributed by atoms with Gasteiger partial charge in [-0.1, -0.05) is 0 Å². The maximum atomic E-state index is 10.9. The molecule has 0 radical (unpaired) electrons. The molecule has 0 atom stereocenters. The molecule has 94 valence electrons. The predicted molar refractivity (Wildman–Crippen MR) is 62.7 cm³/mol. The summed E-state index contributed by atoms with van der Waals surface area (Å²) >= 11 is 0. The fourth-order valence-electron chi connectivity index (χ4n) is 1.41. The molecule has 0 aliphatic rings. The zero-order valence-electron chi connectivity index (χ0n) is 9.79. The van der Waals surface area contributed by atoms with Crippen LogP contribution in [0.15, 0.2) is 29.3 Å². The summed E-state index contributed by atoms with van der Waals surface area (Å²) in [6.45, 7) is 2.11. The van der Waals surface area contributed by atoms with Crippen LogP contribution in [0, 0.1) is 0 Å². The minimum Gasteiger partial charge on any atom is -0.464 e. The second-order valence-electron chi connectivity index (χ2n) is 3.64. The zero-order valence-corrected chi connectivity index (χ0v) is 9.79. The van der Waals surface area contributed by atoms with Crippen LogP contribution in [0.3, 0.4) is 0 Å². The largest absolute Gasteiger partial charge is 0.464 e. The van der Waals surface area contributed by atoms with Gasteiger partial charge in [-0.3, -0.25) is 14.3 Å². The molecule has 0 aliphatic heterocycles. The van der Waals surface area contributed by atoms with Gasteiger partial charge in [-0.15, -0.1) is 0 Å². The van der Waals surface area contributed by atoms with Gasteiger partial charge in [0.05, 0.1) is 18.4 Å². The van der Waals surface area contributed by atoms with Crippen molar-refractivity contribution in [2.24, 2.45) is 0 Å². The van der Waals surface area contributed by atoms with E-state index in [1.807, 2.05) is 0 Å². The molecule has 0 amide bonds. The summed E-state index contributed by atoms with van der Waals surface area (Å²) in [5.41, 5.74) is 1.17. The van der Waals surface area contributed by atoms with Gasteiger partial charge >= 0.3 is 5.97 Å². The Balaban J connectivity index is 2.03. The van der Waals surface area contributed by atoms with Crippen molar-refractivity contribution < 1.29 is 9.53 Å². The maximum Gasteiger partial charge on any atom is 0.302 e. The third-order valence-electron chi connectivity index (χ3n) is 2.23. The number of carbonyl (C=O) groups excluding carboxylic acids is 1. The topological polar surface area (TPSA) is 89.9 Å². The first kappa shape index (κ1) is 12.0. The second-order valence-corrected chi connectivity index (χ2v) is 3.64. The molecular formula is C11H12N4O3. The summed E-state index contributed by atoms with van der Waals surface area (Å²) in [7, 11) is 0. The number of ether oxygens (including phenoxy) is 1. The van der Waals surface area contributed by atoms with Crippen molar-refractivity contribution in [1.82, 2.24) is 20.0 Å². The first-order valence-corrected chi connectivity index (χ1v) is 5.37. The SMILES string of the molecule is CC(=O)OCCn1cc(-c2ccc(=O)[nH]n2)cn1. The van der Waals surface area contributed by atoms with Crippen molar-refractivity contribution in [1.29, 1.82) is 0 Å². The molecule has 0 fully saturated rings. The highest BCUT2D eigenvalue weighted by molar-refractivity contribution is 5.65. The van der Waals surface area contributed by atoms with Crippen LogP contribution in [0.25, 0.3) is 11.3 Å². The number of rotatable bonds is 4. The van der Waals surface area contributed by atoms with Crippen LogP contribution in [-0.2, 0) is 16.1 Å². The fraction of sp³-hybridized carbons (Fsp3) is 0.273. The summed E-state index contributed by atoms with van der Waals surface area (Å²) < 4.78 is 6.46. The predicted octanol–water partition coefficient (Wildman–Crippen LogP) is 0.196. The van der Waals surface area contributed by atoms with Crippen LogP contribution in [0.1, 0.15) is 6.92 Å². The minimum atomic E-state index is -0.315. The van der Waals surface area contributed by atoms with Gasteiger partial charge in [0.2, 0.25) is 0 Å². The van der Waals surface area contributed by atoms with Gasteiger partial charge in [0.15, 0.2) is 0 Å². The summed E-state index contributed by atoms with van der Waals surface area (Å²) in [6, 6.07) is 3.02. The van der Waals surface area contributed by atoms with E-state index in [1.54, 1.807) is 23.1 Å². The van der Waals surface area contributed by atoms with Crippen molar-refractivity contribution in [2.75, 3.05) is 6.61 Å². The Morgan fingerprint density at radius 2 is 2.33 bits per heavy atom. The van der Waals surface area contributed by atoms with Crippen LogP contribution in [0.5, 0.6) is 0 Å². The number of hydrogen-bond donors (Lipinski definition) is 1. The maximum absolute atomic E-state index is 10.9. The lowest BCUT2D eigenvalue weighted by atomic mass is 10.2. The van der Waals surface area contributed by atoms with Crippen LogP contribution in [0.4, 0.5) is 0 Å². The highest BCUT2D eigenvalue weighted by Gasteiger charge is 2.03. The molecule has 2 aromatic heterocycles. The van der Waals surface area contributed by atoms with Gasteiger partial charge in [-0.25, -0.2) is 5.10 Å². The van der Waals surface area contributed by atoms with Gasteiger partial charge in [0, 0.05) is 24.8 Å². The molecule has 0 saturated carbocycles. The molecule has 2 rings (SSSR count). The normalized spacial score (nSPS) is 10.3. The number of nitrogens with zero attached hydrogens (tertiary/aromatic N) is 3. The molecule has 0 aliphatic carbocycles. The van der Waals surface area contributed by atoms with E-state index >= 15 is 0 Å². The first-order chi connectivity index (χ1) is 8.65. The van der Waals surface area contributed by atoms with Crippen molar-refractivity contribution in [3.05, 3.63) is 34.9 Å². The Morgan fingerprint density at radius 1 is 1.50 bits per heavy atom. The van der Waals surface area contributed by atoms with E-state index in [9.17, 15) is 9.59 Å².